The number of hydrazone groups is 1. The van der Waals surface area contributed by atoms with Crippen molar-refractivity contribution in [2.45, 2.75) is 6.92 Å². The van der Waals surface area contributed by atoms with Crippen LogP contribution in [-0.2, 0) is 0 Å². The summed E-state index contributed by atoms with van der Waals surface area (Å²) >= 11 is 1.35. The first-order chi connectivity index (χ1) is 8.68. The molecule has 1 amide bonds. The third-order valence-electron chi connectivity index (χ3n) is 2.36. The quantitative estimate of drug-likeness (QED) is 0.658. The SMILES string of the molecule is CC(=NNC(=O)c1cccs1)c1ccccc1O. The first kappa shape index (κ1) is 12.3. The first-order valence-corrected chi connectivity index (χ1v) is 6.23. The largest absolute Gasteiger partial charge is 0.507 e. The van der Waals surface area contributed by atoms with Gasteiger partial charge in [-0.25, -0.2) is 5.43 Å². The van der Waals surface area contributed by atoms with Gasteiger partial charge in [0.2, 0.25) is 0 Å². The summed E-state index contributed by atoms with van der Waals surface area (Å²) in [5.41, 5.74) is 3.61. The molecule has 0 atom stereocenters. The van der Waals surface area contributed by atoms with Gasteiger partial charge in [-0.2, -0.15) is 5.10 Å². The Morgan fingerprint density at radius 2 is 2.06 bits per heavy atom. The lowest BCUT2D eigenvalue weighted by atomic mass is 10.1. The van der Waals surface area contributed by atoms with Crippen molar-refractivity contribution in [1.82, 2.24) is 5.43 Å². The van der Waals surface area contributed by atoms with Crippen LogP contribution in [0.2, 0.25) is 0 Å². The van der Waals surface area contributed by atoms with Crippen molar-refractivity contribution in [3.63, 3.8) is 0 Å². The van der Waals surface area contributed by atoms with Crippen LogP contribution < -0.4 is 5.43 Å². The number of phenols is 1. The number of benzene rings is 1. The van der Waals surface area contributed by atoms with Gasteiger partial charge in [-0.15, -0.1) is 11.3 Å². The van der Waals surface area contributed by atoms with Gasteiger partial charge in [-0.05, 0) is 30.5 Å². The van der Waals surface area contributed by atoms with Crippen LogP contribution in [0.5, 0.6) is 5.75 Å². The molecule has 0 aliphatic heterocycles. The minimum atomic E-state index is -0.250. The second kappa shape index (κ2) is 5.46. The third-order valence-corrected chi connectivity index (χ3v) is 3.23. The molecule has 2 rings (SSSR count). The number of thiophene rings is 1. The van der Waals surface area contributed by atoms with Crippen molar-refractivity contribution in [3.05, 3.63) is 52.2 Å². The number of carbonyl (C=O) groups is 1. The molecule has 1 aromatic heterocycles. The van der Waals surface area contributed by atoms with Gasteiger partial charge in [0.1, 0.15) is 5.75 Å². The number of nitrogens with one attached hydrogen (secondary N) is 1. The van der Waals surface area contributed by atoms with E-state index in [0.717, 1.165) is 0 Å². The molecule has 18 heavy (non-hydrogen) atoms. The highest BCUT2D eigenvalue weighted by atomic mass is 32.1. The molecule has 0 spiro atoms. The molecule has 2 N–H and O–H groups in total. The zero-order valence-electron chi connectivity index (χ0n) is 9.75. The molecule has 0 bridgehead atoms. The smallest absolute Gasteiger partial charge is 0.281 e. The Balaban J connectivity index is 2.11. The number of amides is 1. The van der Waals surface area contributed by atoms with E-state index < -0.39 is 0 Å². The summed E-state index contributed by atoms with van der Waals surface area (Å²) < 4.78 is 0. The standard InChI is InChI=1S/C13H12N2O2S/c1-9(10-5-2-3-6-11(10)16)14-15-13(17)12-7-4-8-18-12/h2-8,16H,1H3,(H,15,17). The highest BCUT2D eigenvalue weighted by Crippen LogP contribution is 2.16. The van der Waals surface area contributed by atoms with Gasteiger partial charge in [-0.3, -0.25) is 4.79 Å². The number of hydrogen-bond donors (Lipinski definition) is 2. The summed E-state index contributed by atoms with van der Waals surface area (Å²) in [6, 6.07) is 10.4. The van der Waals surface area contributed by atoms with E-state index in [9.17, 15) is 9.90 Å². The predicted molar refractivity (Wildman–Crippen MR) is 72.1 cm³/mol. The van der Waals surface area contributed by atoms with E-state index in [1.807, 2.05) is 5.38 Å². The Morgan fingerprint density at radius 1 is 1.28 bits per heavy atom. The summed E-state index contributed by atoms with van der Waals surface area (Å²) in [6.07, 6.45) is 0. The molecule has 0 fully saturated rings. The van der Waals surface area contributed by atoms with Gasteiger partial charge < -0.3 is 5.11 Å². The van der Waals surface area contributed by atoms with E-state index in [1.165, 1.54) is 11.3 Å². The molecule has 1 heterocycles. The zero-order chi connectivity index (χ0) is 13.0. The number of aromatic hydroxyl groups is 1. The Bertz CT molecular complexity index is 576. The van der Waals surface area contributed by atoms with Crippen LogP contribution in [0.15, 0.2) is 46.9 Å². The number of para-hydroxylation sites is 1. The molecule has 1 aromatic carbocycles. The number of rotatable bonds is 3. The van der Waals surface area contributed by atoms with Gasteiger partial charge in [-0.1, -0.05) is 18.2 Å². The summed E-state index contributed by atoms with van der Waals surface area (Å²) in [7, 11) is 0. The van der Waals surface area contributed by atoms with E-state index in [2.05, 4.69) is 10.5 Å². The van der Waals surface area contributed by atoms with Crippen molar-refractivity contribution in [3.8, 4) is 5.75 Å². The summed E-state index contributed by atoms with van der Waals surface area (Å²) in [5.74, 6) is -0.108. The topological polar surface area (TPSA) is 61.7 Å². The predicted octanol–water partition coefficient (Wildman–Crippen LogP) is 2.61. The summed E-state index contributed by atoms with van der Waals surface area (Å²) in [6.45, 7) is 1.73. The maximum absolute atomic E-state index is 11.7. The molecule has 0 unspecified atom stereocenters. The van der Waals surface area contributed by atoms with Gasteiger partial charge in [0.05, 0.1) is 10.6 Å². The zero-order valence-corrected chi connectivity index (χ0v) is 10.6. The van der Waals surface area contributed by atoms with Gasteiger partial charge in [0.15, 0.2) is 0 Å². The van der Waals surface area contributed by atoms with E-state index in [1.54, 1.807) is 43.3 Å². The average molecular weight is 260 g/mol. The van der Waals surface area contributed by atoms with Crippen molar-refractivity contribution < 1.29 is 9.90 Å². The second-order valence-corrected chi connectivity index (χ2v) is 4.58. The molecule has 2 aromatic rings. The maximum Gasteiger partial charge on any atom is 0.281 e. The summed E-state index contributed by atoms with van der Waals surface area (Å²) in [5, 5.41) is 15.4. The molecule has 0 aliphatic rings. The van der Waals surface area contributed by atoms with E-state index in [-0.39, 0.29) is 11.7 Å². The van der Waals surface area contributed by atoms with Crippen molar-refractivity contribution in [2.75, 3.05) is 0 Å². The van der Waals surface area contributed by atoms with E-state index >= 15 is 0 Å². The molecule has 0 aliphatic carbocycles. The van der Waals surface area contributed by atoms with Crippen LogP contribution in [-0.4, -0.2) is 16.7 Å². The number of phenolic OH excluding ortho intramolecular Hbond substituents is 1. The normalized spacial score (nSPS) is 11.3. The number of carbonyl (C=O) groups excluding carboxylic acids is 1. The first-order valence-electron chi connectivity index (χ1n) is 5.35. The van der Waals surface area contributed by atoms with Crippen LogP contribution in [0.25, 0.3) is 0 Å². The van der Waals surface area contributed by atoms with Gasteiger partial charge >= 0.3 is 0 Å². The van der Waals surface area contributed by atoms with Crippen molar-refractivity contribution >= 4 is 23.0 Å². The van der Waals surface area contributed by atoms with Gasteiger partial charge in [0.25, 0.3) is 5.91 Å². The van der Waals surface area contributed by atoms with Crippen LogP contribution in [0, 0.1) is 0 Å². The third kappa shape index (κ3) is 2.75. The lowest BCUT2D eigenvalue weighted by Crippen LogP contribution is -2.18. The monoisotopic (exact) mass is 260 g/mol. The highest BCUT2D eigenvalue weighted by molar-refractivity contribution is 7.12. The highest BCUT2D eigenvalue weighted by Gasteiger charge is 2.06. The Hall–Kier alpha value is -2.14. The minimum Gasteiger partial charge on any atom is -0.507 e. The molecular weight excluding hydrogens is 248 g/mol. The molecule has 92 valence electrons. The Kier molecular flexibility index (Phi) is 3.74. The van der Waals surface area contributed by atoms with Gasteiger partial charge in [0, 0.05) is 5.56 Å². The average Bonchev–Trinajstić information content (AvgIpc) is 2.90. The molecule has 0 saturated carbocycles. The molecular formula is C13H12N2O2S. The minimum absolute atomic E-state index is 0.143. The molecule has 0 radical (unpaired) electrons. The maximum atomic E-state index is 11.7. The Morgan fingerprint density at radius 3 is 2.72 bits per heavy atom. The van der Waals surface area contributed by atoms with Crippen molar-refractivity contribution in [2.24, 2.45) is 5.10 Å². The second-order valence-electron chi connectivity index (χ2n) is 3.63. The fourth-order valence-electron chi connectivity index (χ4n) is 1.44. The van der Waals surface area contributed by atoms with E-state index in [0.29, 0.717) is 16.2 Å². The lowest BCUT2D eigenvalue weighted by Gasteiger charge is -2.03. The van der Waals surface area contributed by atoms with Crippen LogP contribution >= 0.6 is 11.3 Å². The lowest BCUT2D eigenvalue weighted by molar-refractivity contribution is 0.0959. The Labute approximate surface area is 109 Å². The molecule has 4 nitrogen and oxygen atoms in total. The van der Waals surface area contributed by atoms with Crippen LogP contribution in [0.1, 0.15) is 22.2 Å². The van der Waals surface area contributed by atoms with E-state index in [4.69, 9.17) is 0 Å². The fourth-order valence-corrected chi connectivity index (χ4v) is 2.05. The molecule has 5 heteroatoms. The van der Waals surface area contributed by atoms with Crippen LogP contribution in [0.3, 0.4) is 0 Å². The fraction of sp³-hybridized carbons (Fsp3) is 0.0769. The number of hydrogen-bond acceptors (Lipinski definition) is 4. The molecule has 0 saturated heterocycles. The van der Waals surface area contributed by atoms with Crippen molar-refractivity contribution in [1.29, 1.82) is 0 Å². The number of nitrogens with zero attached hydrogens (tertiary/aromatic N) is 1. The van der Waals surface area contributed by atoms with Crippen LogP contribution in [0.4, 0.5) is 0 Å². The summed E-state index contributed by atoms with van der Waals surface area (Å²) in [4.78, 5) is 12.3.